The molecule has 0 saturated carbocycles. The van der Waals surface area contributed by atoms with Gasteiger partial charge < -0.3 is 19.6 Å². The molecule has 13 heteroatoms. The predicted molar refractivity (Wildman–Crippen MR) is 177 cm³/mol. The van der Waals surface area contributed by atoms with Crippen molar-refractivity contribution in [3.8, 4) is 5.88 Å². The number of hydrogen-bond donors (Lipinski definition) is 2. The number of amides is 1. The standard InChI is InChI=1S/C33H37N5O7S/c1-35-17-19-37(20-18-35)21-29(39)36(2)25-15-13-24(14-16-25)34-31(23-9-5-4-6-10-23)30-26-11-7-8-12-27(26)38(32(30)40)28(33(41)45-3)22-46(42,43)44/h4-16,28,40H,17-22H2,1-3H3,(H,42,43,44). The van der Waals surface area contributed by atoms with E-state index in [0.717, 1.165) is 37.9 Å². The molecular weight excluding hydrogens is 610 g/mol. The van der Waals surface area contributed by atoms with Crippen LogP contribution >= 0.6 is 0 Å². The molecule has 1 aromatic heterocycles. The van der Waals surface area contributed by atoms with Gasteiger partial charge in [-0.1, -0.05) is 48.5 Å². The van der Waals surface area contributed by atoms with E-state index in [1.165, 1.54) is 0 Å². The SMILES string of the molecule is COC(=O)C(CS(=O)(=O)O)n1c(O)c(C(=Nc2ccc(N(C)C(=O)CN3CCN(C)CC3)cc2)c2ccccc2)c2ccccc21. The van der Waals surface area contributed by atoms with Crippen LogP contribution in [0.15, 0.2) is 83.9 Å². The number of aliphatic imine (C=N–C) groups is 1. The highest BCUT2D eigenvalue weighted by Crippen LogP contribution is 2.38. The number of aromatic nitrogens is 1. The first-order valence-electron chi connectivity index (χ1n) is 14.7. The molecule has 1 unspecified atom stereocenters. The molecule has 2 N–H and O–H groups in total. The van der Waals surface area contributed by atoms with Gasteiger partial charge >= 0.3 is 5.97 Å². The second-order valence-electron chi connectivity index (χ2n) is 11.2. The Labute approximate surface area is 267 Å². The van der Waals surface area contributed by atoms with Crippen molar-refractivity contribution >= 4 is 50.0 Å². The number of aromatic hydroxyl groups is 1. The van der Waals surface area contributed by atoms with Crippen LogP contribution in [0.5, 0.6) is 5.88 Å². The minimum Gasteiger partial charge on any atom is -0.494 e. The Morgan fingerprint density at radius 1 is 0.957 bits per heavy atom. The highest BCUT2D eigenvalue weighted by molar-refractivity contribution is 7.85. The van der Waals surface area contributed by atoms with Crippen LogP contribution in [0.3, 0.4) is 0 Å². The molecule has 4 aromatic rings. The molecule has 0 aliphatic carbocycles. The number of methoxy groups -OCH3 is 1. The van der Waals surface area contributed by atoms with Crippen LogP contribution in [-0.4, -0.2) is 110 Å². The zero-order chi connectivity index (χ0) is 33.0. The first-order chi connectivity index (χ1) is 22.0. The zero-order valence-corrected chi connectivity index (χ0v) is 26.7. The Balaban J connectivity index is 1.55. The Morgan fingerprint density at radius 2 is 1.59 bits per heavy atom. The van der Waals surface area contributed by atoms with Gasteiger partial charge in [0.15, 0.2) is 6.04 Å². The van der Waals surface area contributed by atoms with Crippen LogP contribution in [0, 0.1) is 0 Å². The average molecular weight is 648 g/mol. The summed E-state index contributed by atoms with van der Waals surface area (Å²) in [5.74, 6) is -2.41. The summed E-state index contributed by atoms with van der Waals surface area (Å²) >= 11 is 0. The van der Waals surface area contributed by atoms with Crippen LogP contribution in [0.4, 0.5) is 11.4 Å². The quantitative estimate of drug-likeness (QED) is 0.150. The molecule has 1 aliphatic rings. The molecule has 1 amide bonds. The van der Waals surface area contributed by atoms with Gasteiger partial charge in [-0.05, 0) is 37.4 Å². The minimum absolute atomic E-state index is 0.0198. The lowest BCUT2D eigenvalue weighted by Crippen LogP contribution is -2.48. The van der Waals surface area contributed by atoms with E-state index in [9.17, 15) is 27.7 Å². The van der Waals surface area contributed by atoms with Crippen molar-refractivity contribution in [1.82, 2.24) is 14.4 Å². The molecule has 5 rings (SSSR count). The van der Waals surface area contributed by atoms with E-state index < -0.39 is 33.8 Å². The number of hydrogen-bond acceptors (Lipinski definition) is 9. The fraction of sp³-hybridized carbons (Fsp3) is 0.303. The maximum atomic E-state index is 13.0. The van der Waals surface area contributed by atoms with Gasteiger partial charge in [-0.3, -0.25) is 18.8 Å². The van der Waals surface area contributed by atoms with Gasteiger partial charge in [-0.15, -0.1) is 0 Å². The molecule has 3 aromatic carbocycles. The van der Waals surface area contributed by atoms with Gasteiger partial charge in [0.2, 0.25) is 11.8 Å². The number of para-hydroxylation sites is 1. The molecule has 1 saturated heterocycles. The Hall–Kier alpha value is -4.56. The molecule has 0 radical (unpaired) electrons. The third-order valence-electron chi connectivity index (χ3n) is 8.13. The van der Waals surface area contributed by atoms with E-state index in [1.807, 2.05) is 30.3 Å². The number of fused-ring (bicyclic) bond motifs is 1. The van der Waals surface area contributed by atoms with Crippen LogP contribution in [0.2, 0.25) is 0 Å². The number of esters is 1. The lowest BCUT2D eigenvalue weighted by molar-refractivity contribution is -0.143. The highest BCUT2D eigenvalue weighted by atomic mass is 32.2. The number of carbonyl (C=O) groups excluding carboxylic acids is 2. The van der Waals surface area contributed by atoms with E-state index in [1.54, 1.807) is 60.5 Å². The largest absolute Gasteiger partial charge is 0.494 e. The summed E-state index contributed by atoms with van der Waals surface area (Å²) in [5, 5.41) is 12.2. The van der Waals surface area contributed by atoms with Gasteiger partial charge in [0.05, 0.1) is 36.1 Å². The molecule has 242 valence electrons. The number of carbonyl (C=O) groups is 2. The summed E-state index contributed by atoms with van der Waals surface area (Å²) in [7, 11) is 0.260. The van der Waals surface area contributed by atoms with Crippen LogP contribution in [-0.2, 0) is 24.4 Å². The highest BCUT2D eigenvalue weighted by Gasteiger charge is 2.33. The topological polar surface area (TPSA) is 145 Å². The summed E-state index contributed by atoms with van der Waals surface area (Å²) in [6.07, 6.45) is 0. The second kappa shape index (κ2) is 13.8. The number of benzene rings is 3. The van der Waals surface area contributed by atoms with Crippen molar-refractivity contribution in [2.45, 2.75) is 6.04 Å². The first-order valence-corrected chi connectivity index (χ1v) is 16.3. The third kappa shape index (κ3) is 7.29. The summed E-state index contributed by atoms with van der Waals surface area (Å²) in [4.78, 5) is 36.7. The van der Waals surface area contributed by atoms with E-state index in [0.29, 0.717) is 40.1 Å². The molecular formula is C33H37N5O7S. The summed E-state index contributed by atoms with van der Waals surface area (Å²) < 4.78 is 39.5. The summed E-state index contributed by atoms with van der Waals surface area (Å²) in [6, 6.07) is 21.5. The molecule has 12 nitrogen and oxygen atoms in total. The number of anilines is 1. The third-order valence-corrected chi connectivity index (χ3v) is 8.87. The van der Waals surface area contributed by atoms with Gasteiger partial charge in [0.25, 0.3) is 10.1 Å². The number of ether oxygens (including phenoxy) is 1. The molecule has 1 atom stereocenters. The maximum Gasteiger partial charge on any atom is 0.330 e. The fourth-order valence-corrected chi connectivity index (χ4v) is 6.25. The lowest BCUT2D eigenvalue weighted by atomic mass is 10.0. The number of piperazine rings is 1. The van der Waals surface area contributed by atoms with Gasteiger partial charge in [-0.25, -0.2) is 9.79 Å². The van der Waals surface area contributed by atoms with Gasteiger partial charge in [-0.2, -0.15) is 8.42 Å². The fourth-order valence-electron chi connectivity index (χ4n) is 5.57. The number of rotatable bonds is 10. The Bertz CT molecular complexity index is 1850. The normalized spacial score (nSPS) is 15.5. The molecule has 0 spiro atoms. The van der Waals surface area contributed by atoms with Crippen molar-refractivity contribution in [2.75, 3.05) is 64.6 Å². The van der Waals surface area contributed by atoms with Crippen molar-refractivity contribution in [2.24, 2.45) is 4.99 Å². The maximum absolute atomic E-state index is 13.0. The van der Waals surface area contributed by atoms with Crippen LogP contribution in [0.1, 0.15) is 17.2 Å². The molecule has 0 bridgehead atoms. The molecule has 2 heterocycles. The van der Waals surface area contributed by atoms with E-state index in [4.69, 9.17) is 9.73 Å². The van der Waals surface area contributed by atoms with Crippen molar-refractivity contribution in [3.63, 3.8) is 0 Å². The first kappa shape index (κ1) is 32.8. The second-order valence-corrected chi connectivity index (χ2v) is 12.7. The van der Waals surface area contributed by atoms with Crippen LogP contribution < -0.4 is 4.90 Å². The zero-order valence-electron chi connectivity index (χ0n) is 25.9. The molecule has 46 heavy (non-hydrogen) atoms. The van der Waals surface area contributed by atoms with Crippen molar-refractivity contribution < 1.29 is 32.4 Å². The van der Waals surface area contributed by atoms with Gasteiger partial charge in [0, 0.05) is 49.9 Å². The van der Waals surface area contributed by atoms with Gasteiger partial charge in [0.1, 0.15) is 5.75 Å². The van der Waals surface area contributed by atoms with Crippen molar-refractivity contribution in [3.05, 3.63) is 90.0 Å². The Morgan fingerprint density at radius 3 is 2.22 bits per heavy atom. The smallest absolute Gasteiger partial charge is 0.330 e. The van der Waals surface area contributed by atoms with Crippen molar-refractivity contribution in [1.29, 1.82) is 0 Å². The van der Waals surface area contributed by atoms with E-state index >= 15 is 0 Å². The average Bonchev–Trinajstić information content (AvgIpc) is 3.34. The lowest BCUT2D eigenvalue weighted by Gasteiger charge is -2.32. The summed E-state index contributed by atoms with van der Waals surface area (Å²) in [6.45, 7) is 3.85. The monoisotopic (exact) mass is 647 g/mol. The van der Waals surface area contributed by atoms with Crippen LogP contribution in [0.25, 0.3) is 10.9 Å². The molecule has 1 fully saturated rings. The number of likely N-dealkylation sites (N-methyl/N-ethyl adjacent to an activating group) is 2. The Kier molecular flexibility index (Phi) is 9.87. The molecule has 1 aliphatic heterocycles. The number of nitrogens with zero attached hydrogens (tertiary/aromatic N) is 5. The predicted octanol–water partition coefficient (Wildman–Crippen LogP) is 3.33. The minimum atomic E-state index is -4.65. The van der Waals surface area contributed by atoms with E-state index in [2.05, 4.69) is 16.8 Å². The summed E-state index contributed by atoms with van der Waals surface area (Å²) in [5.41, 5.74) is 2.83. The van der Waals surface area contributed by atoms with E-state index in [-0.39, 0.29) is 11.5 Å².